The highest BCUT2D eigenvalue weighted by Gasteiger charge is 2.15. The van der Waals surface area contributed by atoms with Crippen LogP contribution in [0, 0.1) is 0 Å². The van der Waals surface area contributed by atoms with Crippen molar-refractivity contribution in [3.05, 3.63) is 29.8 Å². The summed E-state index contributed by atoms with van der Waals surface area (Å²) in [4.78, 5) is 36.7. The van der Waals surface area contributed by atoms with Crippen molar-refractivity contribution in [2.75, 3.05) is 38.8 Å². The van der Waals surface area contributed by atoms with Gasteiger partial charge in [-0.2, -0.15) is 0 Å². The van der Waals surface area contributed by atoms with Crippen LogP contribution in [0.5, 0.6) is 0 Å². The van der Waals surface area contributed by atoms with Crippen molar-refractivity contribution in [3.8, 4) is 0 Å². The minimum absolute atomic E-state index is 0.138. The molecule has 0 atom stereocenters. The normalized spacial score (nSPS) is 10.1. The Balaban J connectivity index is 2.66. The molecule has 0 aromatic heterocycles. The highest BCUT2D eigenvalue weighted by atomic mass is 16.5. The van der Waals surface area contributed by atoms with Gasteiger partial charge in [-0.1, -0.05) is 6.07 Å². The monoisotopic (exact) mass is 336 g/mol. The average molecular weight is 336 g/mol. The quantitative estimate of drug-likeness (QED) is 0.544. The Labute approximate surface area is 141 Å². The molecule has 0 saturated carbocycles. The fraction of sp³-hybridized carbons (Fsp3) is 0.471. The third-order valence-electron chi connectivity index (χ3n) is 3.37. The molecule has 0 aliphatic carbocycles. The standard InChI is InChI=1S/C17H24N2O5/c1-13(20)19(10-8-16(21)18-9-5-11-23-2)15-7-4-6-14(12-15)17(22)24-3/h4,6-7,12H,5,8-11H2,1-3H3,(H,18,21). The largest absolute Gasteiger partial charge is 0.465 e. The number of ether oxygens (including phenoxy) is 2. The van der Waals surface area contributed by atoms with Crippen LogP contribution in [0.1, 0.15) is 30.1 Å². The van der Waals surface area contributed by atoms with Crippen molar-refractivity contribution >= 4 is 23.5 Å². The van der Waals surface area contributed by atoms with Gasteiger partial charge in [-0.25, -0.2) is 4.79 Å². The van der Waals surface area contributed by atoms with Crippen LogP contribution in [0.25, 0.3) is 0 Å². The number of rotatable bonds is 9. The number of nitrogens with zero attached hydrogens (tertiary/aromatic N) is 1. The van der Waals surface area contributed by atoms with E-state index in [-0.39, 0.29) is 24.8 Å². The predicted molar refractivity (Wildman–Crippen MR) is 89.9 cm³/mol. The molecule has 1 aromatic carbocycles. The minimum Gasteiger partial charge on any atom is -0.465 e. The van der Waals surface area contributed by atoms with Gasteiger partial charge in [0.05, 0.1) is 12.7 Å². The molecule has 0 spiro atoms. The second-order valence-electron chi connectivity index (χ2n) is 5.16. The van der Waals surface area contributed by atoms with Crippen molar-refractivity contribution in [3.63, 3.8) is 0 Å². The molecule has 1 N–H and O–H groups in total. The molecule has 24 heavy (non-hydrogen) atoms. The lowest BCUT2D eigenvalue weighted by Gasteiger charge is -2.21. The smallest absolute Gasteiger partial charge is 0.337 e. The highest BCUT2D eigenvalue weighted by molar-refractivity contribution is 5.95. The summed E-state index contributed by atoms with van der Waals surface area (Å²) in [6.45, 7) is 2.77. The summed E-state index contributed by atoms with van der Waals surface area (Å²) in [5.74, 6) is -0.818. The average Bonchev–Trinajstić information content (AvgIpc) is 2.58. The van der Waals surface area contributed by atoms with Crippen LogP contribution in [0.15, 0.2) is 24.3 Å². The number of anilines is 1. The molecular weight excluding hydrogens is 312 g/mol. The number of esters is 1. The number of hydrogen-bond acceptors (Lipinski definition) is 5. The lowest BCUT2D eigenvalue weighted by molar-refractivity contribution is -0.121. The van der Waals surface area contributed by atoms with E-state index in [9.17, 15) is 14.4 Å². The lowest BCUT2D eigenvalue weighted by Crippen LogP contribution is -2.34. The van der Waals surface area contributed by atoms with Crippen LogP contribution in [0.4, 0.5) is 5.69 Å². The number of amides is 2. The van der Waals surface area contributed by atoms with Crippen LogP contribution in [-0.4, -0.2) is 51.7 Å². The van der Waals surface area contributed by atoms with Gasteiger partial charge in [0.2, 0.25) is 11.8 Å². The van der Waals surface area contributed by atoms with Gasteiger partial charge < -0.3 is 19.7 Å². The van der Waals surface area contributed by atoms with E-state index in [0.717, 1.165) is 6.42 Å². The van der Waals surface area contributed by atoms with Crippen molar-refractivity contribution in [2.24, 2.45) is 0 Å². The van der Waals surface area contributed by atoms with Crippen LogP contribution in [0.3, 0.4) is 0 Å². The zero-order valence-electron chi connectivity index (χ0n) is 14.3. The Morgan fingerprint density at radius 3 is 2.58 bits per heavy atom. The first kappa shape index (κ1) is 19.6. The molecule has 0 saturated heterocycles. The first-order valence-corrected chi connectivity index (χ1v) is 7.71. The van der Waals surface area contributed by atoms with Crippen LogP contribution < -0.4 is 10.2 Å². The van der Waals surface area contributed by atoms with E-state index in [1.807, 2.05) is 0 Å². The minimum atomic E-state index is -0.476. The number of benzene rings is 1. The first-order valence-electron chi connectivity index (χ1n) is 7.71. The van der Waals surface area contributed by atoms with E-state index in [2.05, 4.69) is 10.1 Å². The number of carbonyl (C=O) groups is 3. The second kappa shape index (κ2) is 10.4. The fourth-order valence-corrected chi connectivity index (χ4v) is 2.13. The molecule has 1 aromatic rings. The lowest BCUT2D eigenvalue weighted by atomic mass is 10.2. The number of carbonyl (C=O) groups excluding carboxylic acids is 3. The van der Waals surface area contributed by atoms with Crippen molar-refractivity contribution < 1.29 is 23.9 Å². The van der Waals surface area contributed by atoms with Gasteiger partial charge in [0.1, 0.15) is 0 Å². The third kappa shape index (κ3) is 6.37. The third-order valence-corrected chi connectivity index (χ3v) is 3.37. The van der Waals surface area contributed by atoms with E-state index < -0.39 is 5.97 Å². The van der Waals surface area contributed by atoms with Crippen LogP contribution in [-0.2, 0) is 19.1 Å². The van der Waals surface area contributed by atoms with E-state index >= 15 is 0 Å². The summed E-state index contributed by atoms with van der Waals surface area (Å²) in [5.41, 5.74) is 0.905. The summed E-state index contributed by atoms with van der Waals surface area (Å²) in [6, 6.07) is 6.56. The number of methoxy groups -OCH3 is 2. The van der Waals surface area contributed by atoms with Gasteiger partial charge in [0.25, 0.3) is 0 Å². The van der Waals surface area contributed by atoms with E-state index in [0.29, 0.717) is 24.4 Å². The summed E-state index contributed by atoms with van der Waals surface area (Å²) in [5, 5.41) is 2.77. The van der Waals surface area contributed by atoms with Crippen molar-refractivity contribution in [1.29, 1.82) is 0 Å². The zero-order chi connectivity index (χ0) is 17.9. The molecule has 132 valence electrons. The molecule has 0 fully saturated rings. The molecule has 0 unspecified atom stereocenters. The Morgan fingerprint density at radius 2 is 1.96 bits per heavy atom. The predicted octanol–water partition coefficient (Wildman–Crippen LogP) is 1.37. The van der Waals surface area contributed by atoms with Crippen LogP contribution >= 0.6 is 0 Å². The van der Waals surface area contributed by atoms with E-state index in [4.69, 9.17) is 4.74 Å². The molecule has 7 nitrogen and oxygen atoms in total. The van der Waals surface area contributed by atoms with Crippen molar-refractivity contribution in [2.45, 2.75) is 19.8 Å². The summed E-state index contributed by atoms with van der Waals surface area (Å²) >= 11 is 0. The molecule has 1 rings (SSSR count). The fourth-order valence-electron chi connectivity index (χ4n) is 2.13. The van der Waals surface area contributed by atoms with Gasteiger partial charge in [-0.3, -0.25) is 9.59 Å². The Hall–Kier alpha value is -2.41. The molecule has 7 heteroatoms. The number of hydrogen-bond donors (Lipinski definition) is 1. The van der Waals surface area contributed by atoms with Gasteiger partial charge in [-0.05, 0) is 24.6 Å². The van der Waals surface area contributed by atoms with E-state index in [1.54, 1.807) is 31.4 Å². The summed E-state index contributed by atoms with van der Waals surface area (Å²) < 4.78 is 9.59. The highest BCUT2D eigenvalue weighted by Crippen LogP contribution is 2.17. The topological polar surface area (TPSA) is 84.9 Å². The van der Waals surface area contributed by atoms with Crippen molar-refractivity contribution in [1.82, 2.24) is 5.32 Å². The zero-order valence-corrected chi connectivity index (χ0v) is 14.3. The maximum absolute atomic E-state index is 11.9. The molecule has 0 radical (unpaired) electrons. The molecule has 0 heterocycles. The van der Waals surface area contributed by atoms with Gasteiger partial charge in [-0.15, -0.1) is 0 Å². The molecule has 0 aliphatic heterocycles. The van der Waals surface area contributed by atoms with E-state index in [1.165, 1.54) is 18.9 Å². The second-order valence-corrected chi connectivity index (χ2v) is 5.16. The maximum atomic E-state index is 11.9. The van der Waals surface area contributed by atoms with Gasteiger partial charge in [0, 0.05) is 45.8 Å². The summed E-state index contributed by atoms with van der Waals surface area (Å²) in [7, 11) is 2.90. The molecule has 2 amide bonds. The molecule has 0 aliphatic rings. The number of nitrogens with one attached hydrogen (secondary N) is 1. The molecule has 0 bridgehead atoms. The van der Waals surface area contributed by atoms with Crippen LogP contribution in [0.2, 0.25) is 0 Å². The van der Waals surface area contributed by atoms with Gasteiger partial charge >= 0.3 is 5.97 Å². The van der Waals surface area contributed by atoms with Gasteiger partial charge in [0.15, 0.2) is 0 Å². The summed E-state index contributed by atoms with van der Waals surface area (Å²) in [6.07, 6.45) is 0.912. The Kier molecular flexibility index (Phi) is 8.49. The Morgan fingerprint density at radius 1 is 1.21 bits per heavy atom. The Bertz CT molecular complexity index is 574. The first-order chi connectivity index (χ1) is 11.5. The SMILES string of the molecule is COCCCNC(=O)CCN(C(C)=O)c1cccc(C(=O)OC)c1. The molecular formula is C17H24N2O5. The maximum Gasteiger partial charge on any atom is 0.337 e.